The minimum Gasteiger partial charge on any atom is -0.398 e. The Morgan fingerprint density at radius 3 is 2.52 bits per heavy atom. The van der Waals surface area contributed by atoms with E-state index in [9.17, 15) is 8.42 Å². The molecule has 0 aliphatic rings. The lowest BCUT2D eigenvalue weighted by Crippen LogP contribution is -2.17. The first-order valence-corrected chi connectivity index (χ1v) is 8.63. The number of nitrogens with two attached hydrogens (primary N) is 1. The summed E-state index contributed by atoms with van der Waals surface area (Å²) in [6.07, 6.45) is 1.48. The highest BCUT2D eigenvalue weighted by Crippen LogP contribution is 2.32. The number of aryl methyl sites for hydroxylation is 1. The van der Waals surface area contributed by atoms with Crippen LogP contribution in [-0.4, -0.2) is 13.4 Å². The van der Waals surface area contributed by atoms with E-state index in [0.717, 1.165) is 4.47 Å². The van der Waals surface area contributed by atoms with Gasteiger partial charge in [0.25, 0.3) is 10.0 Å². The standard InChI is InChI=1S/C12H10BrCl2N3O2S/c1-6-2-7(13)5-17-12(6)18-21(19,20)11-9(15)3-8(14)4-10(11)16/h2-5H,16H2,1H3,(H,17,18). The highest BCUT2D eigenvalue weighted by atomic mass is 79.9. The number of aromatic nitrogens is 1. The van der Waals surface area contributed by atoms with Crippen molar-refractivity contribution in [1.82, 2.24) is 4.98 Å². The van der Waals surface area contributed by atoms with Crippen LogP contribution in [0.3, 0.4) is 0 Å². The fourth-order valence-corrected chi connectivity index (χ4v) is 4.20. The van der Waals surface area contributed by atoms with Gasteiger partial charge in [0.2, 0.25) is 0 Å². The van der Waals surface area contributed by atoms with Gasteiger partial charge in [0.1, 0.15) is 10.7 Å². The molecule has 5 nitrogen and oxygen atoms in total. The molecule has 0 aliphatic carbocycles. The molecule has 1 aromatic heterocycles. The van der Waals surface area contributed by atoms with Gasteiger partial charge in [-0.25, -0.2) is 13.4 Å². The van der Waals surface area contributed by atoms with E-state index in [0.29, 0.717) is 5.56 Å². The minimum atomic E-state index is -3.97. The van der Waals surface area contributed by atoms with Crippen molar-refractivity contribution in [1.29, 1.82) is 0 Å². The van der Waals surface area contributed by atoms with Crippen molar-refractivity contribution in [2.45, 2.75) is 11.8 Å². The van der Waals surface area contributed by atoms with Crippen LogP contribution in [0.25, 0.3) is 0 Å². The van der Waals surface area contributed by atoms with Gasteiger partial charge in [0.15, 0.2) is 0 Å². The molecule has 0 bridgehead atoms. The topological polar surface area (TPSA) is 85.1 Å². The Morgan fingerprint density at radius 1 is 1.29 bits per heavy atom. The Kier molecular flexibility index (Phi) is 4.67. The zero-order valence-corrected chi connectivity index (χ0v) is 14.6. The van der Waals surface area contributed by atoms with E-state index in [1.54, 1.807) is 13.0 Å². The van der Waals surface area contributed by atoms with Crippen molar-refractivity contribution in [3.8, 4) is 0 Å². The molecule has 21 heavy (non-hydrogen) atoms. The fourth-order valence-electron chi connectivity index (χ4n) is 1.69. The van der Waals surface area contributed by atoms with Crippen molar-refractivity contribution in [2.24, 2.45) is 0 Å². The Bertz CT molecular complexity index is 789. The van der Waals surface area contributed by atoms with Crippen molar-refractivity contribution < 1.29 is 8.42 Å². The van der Waals surface area contributed by atoms with Crippen LogP contribution in [0.15, 0.2) is 33.8 Å². The quantitative estimate of drug-likeness (QED) is 0.752. The highest BCUT2D eigenvalue weighted by Gasteiger charge is 2.23. The molecule has 0 saturated carbocycles. The normalized spacial score (nSPS) is 11.4. The van der Waals surface area contributed by atoms with Gasteiger partial charge in [-0.2, -0.15) is 0 Å². The van der Waals surface area contributed by atoms with E-state index in [1.165, 1.54) is 18.3 Å². The summed E-state index contributed by atoms with van der Waals surface area (Å²) in [7, 11) is -3.97. The molecule has 1 heterocycles. The SMILES string of the molecule is Cc1cc(Br)cnc1NS(=O)(=O)c1c(N)cc(Cl)cc1Cl. The highest BCUT2D eigenvalue weighted by molar-refractivity contribution is 9.10. The second-order valence-electron chi connectivity index (χ2n) is 4.23. The van der Waals surface area contributed by atoms with Gasteiger partial charge < -0.3 is 5.73 Å². The first kappa shape index (κ1) is 16.4. The molecule has 0 fully saturated rings. The van der Waals surface area contributed by atoms with Gasteiger partial charge in [-0.3, -0.25) is 4.72 Å². The van der Waals surface area contributed by atoms with Gasteiger partial charge in [0, 0.05) is 15.7 Å². The van der Waals surface area contributed by atoms with Crippen LogP contribution in [0.1, 0.15) is 5.56 Å². The van der Waals surface area contributed by atoms with Crippen LogP contribution in [0.5, 0.6) is 0 Å². The van der Waals surface area contributed by atoms with Crippen molar-refractivity contribution in [2.75, 3.05) is 10.5 Å². The molecule has 9 heteroatoms. The maximum absolute atomic E-state index is 12.4. The number of rotatable bonds is 3. The van der Waals surface area contributed by atoms with Crippen molar-refractivity contribution >= 4 is 60.7 Å². The second-order valence-corrected chi connectivity index (χ2v) is 7.61. The summed E-state index contributed by atoms with van der Waals surface area (Å²) in [5.41, 5.74) is 6.33. The van der Waals surface area contributed by atoms with Crippen molar-refractivity contribution in [3.63, 3.8) is 0 Å². The number of benzene rings is 1. The molecule has 112 valence electrons. The Balaban J connectivity index is 2.48. The van der Waals surface area contributed by atoms with Crippen molar-refractivity contribution in [3.05, 3.63) is 44.5 Å². The third kappa shape index (κ3) is 3.60. The molecular weight excluding hydrogens is 401 g/mol. The van der Waals surface area contributed by atoms with Crippen LogP contribution >= 0.6 is 39.1 Å². The number of nitrogen functional groups attached to an aromatic ring is 1. The van der Waals surface area contributed by atoms with E-state index < -0.39 is 10.0 Å². The van der Waals surface area contributed by atoms with Crippen LogP contribution in [0.2, 0.25) is 10.0 Å². The zero-order valence-electron chi connectivity index (χ0n) is 10.7. The molecule has 0 amide bonds. The summed E-state index contributed by atoms with van der Waals surface area (Å²) in [5.74, 6) is 0.198. The smallest absolute Gasteiger partial charge is 0.266 e. The molecule has 0 aliphatic heterocycles. The average Bonchev–Trinajstić information content (AvgIpc) is 2.30. The number of halogens is 3. The molecule has 2 aromatic rings. The third-order valence-electron chi connectivity index (χ3n) is 2.58. The third-order valence-corrected chi connectivity index (χ3v) is 5.10. The van der Waals surface area contributed by atoms with Crippen LogP contribution in [0, 0.1) is 6.92 Å². The molecule has 0 atom stereocenters. The number of anilines is 2. The molecule has 2 rings (SSSR count). The van der Waals surface area contributed by atoms with E-state index in [2.05, 4.69) is 25.6 Å². The summed E-state index contributed by atoms with van der Waals surface area (Å²) in [5, 5.41) is 0.205. The predicted molar refractivity (Wildman–Crippen MR) is 88.4 cm³/mol. The van der Waals surface area contributed by atoms with Crippen LogP contribution in [-0.2, 0) is 10.0 Å². The number of sulfonamides is 1. The summed E-state index contributed by atoms with van der Waals surface area (Å²) in [6.45, 7) is 1.72. The monoisotopic (exact) mass is 409 g/mol. The molecule has 1 aromatic carbocycles. The lowest BCUT2D eigenvalue weighted by atomic mass is 10.3. The summed E-state index contributed by atoms with van der Waals surface area (Å²) in [6, 6.07) is 4.37. The van der Waals surface area contributed by atoms with Gasteiger partial charge in [-0.15, -0.1) is 0 Å². The van der Waals surface area contributed by atoms with Gasteiger partial charge >= 0.3 is 0 Å². The molecule has 0 unspecified atom stereocenters. The predicted octanol–water partition coefficient (Wildman–Crippen LogP) is 3.84. The summed E-state index contributed by atoms with van der Waals surface area (Å²) in [4.78, 5) is 3.79. The summed E-state index contributed by atoms with van der Waals surface area (Å²) < 4.78 is 27.9. The molecule has 0 radical (unpaired) electrons. The summed E-state index contributed by atoms with van der Waals surface area (Å²) >= 11 is 15.0. The maximum Gasteiger partial charge on any atom is 0.266 e. The molecular formula is C12H10BrCl2N3O2S. The van der Waals surface area contributed by atoms with Gasteiger partial charge in [-0.05, 0) is 46.6 Å². The number of hydrogen-bond acceptors (Lipinski definition) is 4. The lowest BCUT2D eigenvalue weighted by molar-refractivity contribution is 0.601. The fraction of sp³-hybridized carbons (Fsp3) is 0.0833. The number of nitrogens with one attached hydrogen (secondary N) is 1. The maximum atomic E-state index is 12.4. The molecule has 3 N–H and O–H groups in total. The molecule has 0 spiro atoms. The van der Waals surface area contributed by atoms with E-state index in [-0.39, 0.29) is 26.4 Å². The van der Waals surface area contributed by atoms with Gasteiger partial charge in [-0.1, -0.05) is 23.2 Å². The first-order chi connectivity index (χ1) is 9.70. The van der Waals surface area contributed by atoms with Crippen LogP contribution < -0.4 is 10.5 Å². The minimum absolute atomic E-state index is 0.0326. The number of nitrogens with zero attached hydrogens (tertiary/aromatic N) is 1. The van der Waals surface area contributed by atoms with Crippen LogP contribution in [0.4, 0.5) is 11.5 Å². The second kappa shape index (κ2) is 6.00. The van der Waals surface area contributed by atoms with Gasteiger partial charge in [0.05, 0.1) is 10.7 Å². The number of hydrogen-bond donors (Lipinski definition) is 2. The van der Waals surface area contributed by atoms with E-state index in [1.807, 2.05) is 0 Å². The van der Waals surface area contributed by atoms with E-state index >= 15 is 0 Å². The average molecular weight is 411 g/mol. The Hall–Kier alpha value is -1.02. The number of pyridine rings is 1. The lowest BCUT2D eigenvalue weighted by Gasteiger charge is -2.13. The largest absolute Gasteiger partial charge is 0.398 e. The molecule has 0 saturated heterocycles. The van der Waals surface area contributed by atoms with E-state index in [4.69, 9.17) is 28.9 Å². The first-order valence-electron chi connectivity index (χ1n) is 5.60. The Labute approximate surface area is 140 Å². The Morgan fingerprint density at radius 2 is 1.95 bits per heavy atom. The zero-order chi connectivity index (χ0) is 15.8.